The quantitative estimate of drug-likeness (QED) is 0.0885. The van der Waals surface area contributed by atoms with E-state index >= 15 is 0 Å². The van der Waals surface area contributed by atoms with Gasteiger partial charge in [0, 0.05) is 16.9 Å². The Hall–Kier alpha value is -4.15. The topological polar surface area (TPSA) is 263 Å². The lowest BCUT2D eigenvalue weighted by molar-refractivity contribution is -0.150. The van der Waals surface area contributed by atoms with Crippen LogP contribution in [0.4, 0.5) is 10.8 Å². The van der Waals surface area contributed by atoms with Crippen LogP contribution in [0, 0.1) is 0 Å². The van der Waals surface area contributed by atoms with Crippen molar-refractivity contribution in [2.24, 2.45) is 5.16 Å². The van der Waals surface area contributed by atoms with Crippen LogP contribution in [0.25, 0.3) is 5.65 Å². The molecule has 2 amide bonds. The molecule has 40 heavy (non-hydrogen) atoms. The zero-order valence-corrected chi connectivity index (χ0v) is 23.3. The number of carboxylic acid groups (broad SMARTS) is 1. The summed E-state index contributed by atoms with van der Waals surface area (Å²) in [5.41, 5.74) is 11.6. The average molecular weight is 628 g/mol. The van der Waals surface area contributed by atoms with E-state index in [1.807, 2.05) is 0 Å². The summed E-state index contributed by atoms with van der Waals surface area (Å²) in [5, 5.41) is 32.0. The number of β-lactam (4-membered cyclic amide) rings is 1. The molecular weight excluding hydrogens is 611 g/mol. The van der Waals surface area contributed by atoms with E-state index in [1.165, 1.54) is 18.6 Å². The number of anilines is 2. The number of hydrogen-bond acceptors (Lipinski definition) is 16. The Morgan fingerprint density at radius 3 is 2.83 bits per heavy atom. The van der Waals surface area contributed by atoms with Gasteiger partial charge in [-0.15, -0.1) is 26.2 Å². The summed E-state index contributed by atoms with van der Waals surface area (Å²) in [6.45, 7) is 0. The third-order valence-corrected chi connectivity index (χ3v) is 11.3. The first-order valence-corrected chi connectivity index (χ1v) is 15.7. The minimum Gasteiger partial charge on any atom is -0.477 e. The molecule has 0 spiro atoms. The number of nitrogens with one attached hydrogen (secondary N) is 1. The van der Waals surface area contributed by atoms with Crippen molar-refractivity contribution in [3.8, 4) is 0 Å². The number of rotatable bonds is 8. The number of fused-ring (bicyclic) bond motifs is 2. The number of amides is 2. The molecule has 0 aromatic carbocycles. The highest BCUT2D eigenvalue weighted by atomic mass is 32.9. The summed E-state index contributed by atoms with van der Waals surface area (Å²) in [7, 11) is -3.08. The van der Waals surface area contributed by atoms with Crippen molar-refractivity contribution < 1.29 is 32.7 Å². The Morgan fingerprint density at radius 1 is 1.40 bits per heavy atom. The number of carbonyl (C=O) groups excluding carboxylic acids is 2. The maximum atomic E-state index is 13.2. The van der Waals surface area contributed by atoms with Crippen molar-refractivity contribution in [2.75, 3.05) is 30.1 Å². The summed E-state index contributed by atoms with van der Waals surface area (Å²) >= 11 is 2.11. The lowest BCUT2D eigenvalue weighted by Crippen LogP contribution is -2.74. The molecule has 5 rings (SSSR count). The highest BCUT2D eigenvalue weighted by Gasteiger charge is 2.56. The van der Waals surface area contributed by atoms with Crippen LogP contribution in [0.3, 0.4) is 0 Å². The molecule has 22 heteroatoms. The van der Waals surface area contributed by atoms with Gasteiger partial charge in [-0.1, -0.05) is 16.9 Å². The van der Waals surface area contributed by atoms with Crippen LogP contribution in [0.15, 0.2) is 32.9 Å². The zero-order chi connectivity index (χ0) is 28.7. The fourth-order valence-electron chi connectivity index (χ4n) is 3.97. The average Bonchev–Trinajstić information content (AvgIpc) is 3.57. The van der Waals surface area contributed by atoms with Gasteiger partial charge in [0.2, 0.25) is 14.9 Å². The number of carboxylic acids is 1. The maximum Gasteiger partial charge on any atom is 0.352 e. The molecule has 3 atom stereocenters. The van der Waals surface area contributed by atoms with Crippen LogP contribution < -0.4 is 16.8 Å². The predicted octanol–water partition coefficient (Wildman–Crippen LogP) is -2.30. The third-order valence-electron chi connectivity index (χ3n) is 5.61. The normalized spacial score (nSPS) is 20.7. The van der Waals surface area contributed by atoms with E-state index in [2.05, 4.69) is 36.1 Å². The maximum absolute atomic E-state index is 13.2. The first-order valence-electron chi connectivity index (χ1n) is 10.8. The van der Waals surface area contributed by atoms with E-state index in [9.17, 15) is 27.9 Å². The first kappa shape index (κ1) is 27.4. The molecule has 2 aliphatic heterocycles. The SMILES string of the molecule is CON=C(C(=O)NC1C(=O)N2C(C(=O)O)=C(CSc3cc(N)c4nnnn4n3)CS(=S(=O)=O)[C@H]12)c1csc(N)n1. The second-order valence-electron chi connectivity index (χ2n) is 7.95. The number of nitrogen functional groups attached to an aromatic ring is 2. The number of tetrazole rings is 1. The zero-order valence-electron chi connectivity index (χ0n) is 20.0. The molecule has 3 aromatic heterocycles. The Kier molecular flexibility index (Phi) is 7.39. The number of thiazole rings is 1. The smallest absolute Gasteiger partial charge is 0.352 e. The summed E-state index contributed by atoms with van der Waals surface area (Å²) in [5.74, 6) is -3.31. The van der Waals surface area contributed by atoms with Gasteiger partial charge in [-0.05, 0) is 31.5 Å². The molecule has 18 nitrogen and oxygen atoms in total. The van der Waals surface area contributed by atoms with Gasteiger partial charge in [-0.3, -0.25) is 14.5 Å². The van der Waals surface area contributed by atoms with Crippen molar-refractivity contribution in [3.63, 3.8) is 0 Å². The number of aliphatic carboxylic acids is 1. The van der Waals surface area contributed by atoms with Gasteiger partial charge in [-0.25, -0.2) is 9.78 Å². The van der Waals surface area contributed by atoms with Crippen molar-refractivity contribution >= 4 is 81.8 Å². The molecule has 0 saturated carbocycles. The van der Waals surface area contributed by atoms with Gasteiger partial charge in [0.05, 0.1) is 5.69 Å². The van der Waals surface area contributed by atoms with Crippen molar-refractivity contribution in [3.05, 3.63) is 28.4 Å². The van der Waals surface area contributed by atoms with Crippen molar-refractivity contribution in [1.29, 1.82) is 0 Å². The molecule has 1 saturated heterocycles. The summed E-state index contributed by atoms with van der Waals surface area (Å²) in [6.07, 6.45) is 0. The second-order valence-corrected chi connectivity index (χ2v) is 13.9. The fourth-order valence-corrected chi connectivity index (χ4v) is 9.28. The highest BCUT2D eigenvalue weighted by Crippen LogP contribution is 2.37. The van der Waals surface area contributed by atoms with E-state index < -0.39 is 47.9 Å². The standard InChI is InChI=1S/C18H17N11O7S4/c1-36-25-10(8-4-38-18(20)21-8)14(30)22-11-15(31)28-12(17(32)33)6(5-39(16(11)28)40(34)35)3-37-9-2-7(19)13-23-26-27-29(13)24-9/h2,4,11,16H,3,5,19H2,1H3,(H2,20,21)(H,22,30)(H,32,33)/t11?,16-,39?/m1/s1. The number of hydrogen-bond donors (Lipinski definition) is 4. The number of carbonyl (C=O) groups is 3. The van der Waals surface area contributed by atoms with E-state index in [1.54, 1.807) is 0 Å². The van der Waals surface area contributed by atoms with Crippen LogP contribution in [0.5, 0.6) is 0 Å². The predicted molar refractivity (Wildman–Crippen MR) is 142 cm³/mol. The van der Waals surface area contributed by atoms with Crippen LogP contribution in [-0.2, 0) is 37.9 Å². The van der Waals surface area contributed by atoms with Crippen molar-refractivity contribution in [2.45, 2.75) is 16.4 Å². The molecule has 5 heterocycles. The molecule has 2 aliphatic rings. The minimum atomic E-state index is -2.71. The van der Waals surface area contributed by atoms with Gasteiger partial charge in [0.25, 0.3) is 11.8 Å². The van der Waals surface area contributed by atoms with Crippen LogP contribution in [0.1, 0.15) is 5.69 Å². The molecule has 0 radical (unpaired) electrons. The van der Waals surface area contributed by atoms with Gasteiger partial charge >= 0.3 is 5.97 Å². The monoisotopic (exact) mass is 627 g/mol. The van der Waals surface area contributed by atoms with E-state index in [-0.39, 0.29) is 50.6 Å². The van der Waals surface area contributed by atoms with Crippen LogP contribution in [0.2, 0.25) is 0 Å². The summed E-state index contributed by atoms with van der Waals surface area (Å²) in [6, 6.07) is 0.156. The van der Waals surface area contributed by atoms with E-state index in [4.69, 9.17) is 16.3 Å². The lowest BCUT2D eigenvalue weighted by atomic mass is 10.0. The van der Waals surface area contributed by atoms with Crippen LogP contribution in [-0.4, -0.2) is 102 Å². The molecule has 3 aromatic rings. The number of nitrogens with two attached hydrogens (primary N) is 2. The highest BCUT2D eigenvalue weighted by molar-refractivity contribution is 8.34. The third kappa shape index (κ3) is 4.84. The second kappa shape index (κ2) is 10.8. The Bertz CT molecular complexity index is 1770. The lowest BCUT2D eigenvalue weighted by Gasteiger charge is -2.50. The molecule has 210 valence electrons. The fraction of sp³-hybridized carbons (Fsp3) is 0.278. The summed E-state index contributed by atoms with van der Waals surface area (Å²) < 4.78 is 25.6. The molecule has 6 N–H and O–H groups in total. The van der Waals surface area contributed by atoms with E-state index in [0.717, 1.165) is 32.6 Å². The van der Waals surface area contributed by atoms with E-state index in [0.29, 0.717) is 5.03 Å². The van der Waals surface area contributed by atoms with Gasteiger partial charge in [0.15, 0.2) is 10.8 Å². The van der Waals surface area contributed by atoms with Crippen LogP contribution >= 0.6 is 23.1 Å². The summed E-state index contributed by atoms with van der Waals surface area (Å²) in [4.78, 5) is 48.0. The number of thioether (sulfide) groups is 1. The van der Waals surface area contributed by atoms with Gasteiger partial charge < -0.3 is 26.7 Å². The Labute approximate surface area is 234 Å². The van der Waals surface area contributed by atoms with Crippen molar-refractivity contribution in [1.82, 2.24) is 40.5 Å². The molecular formula is C18H17N11O7S4. The number of nitrogens with zero attached hydrogens (tertiary/aromatic N) is 8. The molecule has 2 unspecified atom stereocenters. The molecule has 0 bridgehead atoms. The van der Waals surface area contributed by atoms with Gasteiger partial charge in [-0.2, -0.15) is 8.42 Å². The Balaban J connectivity index is 1.43. The first-order chi connectivity index (χ1) is 19.1. The minimum absolute atomic E-state index is 0.0220. The molecule has 0 aliphatic carbocycles. The van der Waals surface area contributed by atoms with Gasteiger partial charge in [0.1, 0.15) is 34.9 Å². The number of oxime groups is 1. The Morgan fingerprint density at radius 2 is 2.17 bits per heavy atom. The molecule has 1 fully saturated rings. The number of aromatic nitrogens is 6. The largest absolute Gasteiger partial charge is 0.477 e.